The van der Waals surface area contributed by atoms with E-state index in [1.54, 1.807) is 11.8 Å². The lowest BCUT2D eigenvalue weighted by Crippen LogP contribution is -2.50. The van der Waals surface area contributed by atoms with Gasteiger partial charge in [0.15, 0.2) is 0 Å². The maximum Gasteiger partial charge on any atom is 0.338 e. The molecule has 2 aromatic rings. The number of piperazine rings is 1. The molecule has 1 fully saturated rings. The topological polar surface area (TPSA) is 84.0 Å². The Morgan fingerprint density at radius 2 is 1.57 bits per heavy atom. The van der Waals surface area contributed by atoms with Crippen LogP contribution in [0.15, 0.2) is 59.5 Å². The van der Waals surface area contributed by atoms with Crippen LogP contribution in [0.25, 0.3) is 0 Å². The van der Waals surface area contributed by atoms with E-state index >= 15 is 0 Å². The van der Waals surface area contributed by atoms with Crippen LogP contribution in [-0.4, -0.2) is 62.3 Å². The van der Waals surface area contributed by atoms with Crippen molar-refractivity contribution in [1.82, 2.24) is 9.21 Å². The maximum atomic E-state index is 12.9. The van der Waals surface area contributed by atoms with Gasteiger partial charge in [-0.25, -0.2) is 13.2 Å². The van der Waals surface area contributed by atoms with Gasteiger partial charge in [-0.3, -0.25) is 4.79 Å². The molecule has 0 unspecified atom stereocenters. The fraction of sp³-hybridized carbons (Fsp3) is 0.364. The number of carbonyl (C=O) groups is 2. The molecule has 160 valence electrons. The van der Waals surface area contributed by atoms with E-state index < -0.39 is 16.0 Å². The zero-order valence-electron chi connectivity index (χ0n) is 17.0. The minimum atomic E-state index is -3.68. The van der Waals surface area contributed by atoms with E-state index in [9.17, 15) is 18.0 Å². The van der Waals surface area contributed by atoms with Crippen molar-refractivity contribution in [1.29, 1.82) is 0 Å². The number of aryl methyl sites for hydroxylation is 1. The van der Waals surface area contributed by atoms with Gasteiger partial charge in [-0.1, -0.05) is 30.3 Å². The summed E-state index contributed by atoms with van der Waals surface area (Å²) in [7, 11) is -3.68. The molecule has 0 atom stereocenters. The fourth-order valence-corrected chi connectivity index (χ4v) is 4.78. The lowest BCUT2D eigenvalue weighted by molar-refractivity contribution is -0.132. The second kappa shape index (κ2) is 9.86. The zero-order chi connectivity index (χ0) is 21.6. The minimum absolute atomic E-state index is 0.0368. The van der Waals surface area contributed by atoms with E-state index in [-0.39, 0.29) is 30.5 Å². The predicted octanol–water partition coefficient (Wildman–Crippen LogP) is 2.33. The molecule has 1 saturated heterocycles. The second-order valence-corrected chi connectivity index (χ2v) is 8.95. The molecular weight excluding hydrogens is 404 g/mol. The lowest BCUT2D eigenvalue weighted by atomic mass is 10.1. The molecule has 0 aliphatic carbocycles. The third kappa shape index (κ3) is 5.25. The summed E-state index contributed by atoms with van der Waals surface area (Å²) in [5, 5.41) is 0. The Morgan fingerprint density at radius 3 is 2.17 bits per heavy atom. The van der Waals surface area contributed by atoms with Gasteiger partial charge in [0.1, 0.15) is 0 Å². The van der Waals surface area contributed by atoms with Crippen LogP contribution in [0.2, 0.25) is 0 Å². The van der Waals surface area contributed by atoms with Crippen molar-refractivity contribution in [2.24, 2.45) is 0 Å². The number of esters is 1. The molecule has 2 aromatic carbocycles. The molecule has 0 N–H and O–H groups in total. The largest absolute Gasteiger partial charge is 0.462 e. The van der Waals surface area contributed by atoms with Crippen LogP contribution in [-0.2, 0) is 26.0 Å². The fourth-order valence-electron chi connectivity index (χ4n) is 3.36. The van der Waals surface area contributed by atoms with Crippen molar-refractivity contribution < 1.29 is 22.7 Å². The smallest absolute Gasteiger partial charge is 0.338 e. The van der Waals surface area contributed by atoms with E-state index in [4.69, 9.17) is 4.74 Å². The van der Waals surface area contributed by atoms with Gasteiger partial charge in [-0.05, 0) is 43.2 Å². The highest BCUT2D eigenvalue weighted by Crippen LogP contribution is 2.19. The second-order valence-electron chi connectivity index (χ2n) is 7.02. The van der Waals surface area contributed by atoms with Crippen LogP contribution in [0.3, 0.4) is 0 Å². The number of nitrogens with zero attached hydrogens (tertiary/aromatic N) is 2. The van der Waals surface area contributed by atoms with E-state index in [0.717, 1.165) is 5.56 Å². The minimum Gasteiger partial charge on any atom is -0.462 e. The highest BCUT2D eigenvalue weighted by atomic mass is 32.2. The first-order valence-corrected chi connectivity index (χ1v) is 11.4. The van der Waals surface area contributed by atoms with Gasteiger partial charge in [0.25, 0.3) is 0 Å². The molecule has 30 heavy (non-hydrogen) atoms. The van der Waals surface area contributed by atoms with Crippen LogP contribution in [0.1, 0.15) is 29.3 Å². The molecule has 0 bridgehead atoms. The highest BCUT2D eigenvalue weighted by Gasteiger charge is 2.30. The summed E-state index contributed by atoms with van der Waals surface area (Å²) in [6.07, 6.45) is 1.08. The van der Waals surface area contributed by atoms with E-state index in [1.165, 1.54) is 28.6 Å². The van der Waals surface area contributed by atoms with Crippen molar-refractivity contribution in [2.75, 3.05) is 32.8 Å². The molecular formula is C22H26N2O5S. The van der Waals surface area contributed by atoms with Crippen LogP contribution < -0.4 is 0 Å². The summed E-state index contributed by atoms with van der Waals surface area (Å²) >= 11 is 0. The SMILES string of the molecule is CCOC(=O)c1ccc(S(=O)(=O)N2CCN(C(=O)CCc3ccccc3)CC2)cc1. The van der Waals surface area contributed by atoms with Gasteiger partial charge in [0.05, 0.1) is 17.1 Å². The monoisotopic (exact) mass is 430 g/mol. The predicted molar refractivity (Wildman–Crippen MR) is 113 cm³/mol. The van der Waals surface area contributed by atoms with Gasteiger partial charge >= 0.3 is 5.97 Å². The standard InChI is InChI=1S/C22H26N2O5S/c1-2-29-22(26)19-9-11-20(12-10-19)30(27,28)24-16-14-23(15-17-24)21(25)13-8-18-6-4-3-5-7-18/h3-7,9-12H,2,8,13-17H2,1H3. The Bertz CT molecular complexity index is 966. The number of sulfonamides is 1. The van der Waals surface area contributed by atoms with Gasteiger partial charge in [0.2, 0.25) is 15.9 Å². The van der Waals surface area contributed by atoms with Crippen LogP contribution in [0, 0.1) is 0 Å². The lowest BCUT2D eigenvalue weighted by Gasteiger charge is -2.34. The first-order valence-electron chi connectivity index (χ1n) is 10.0. The first-order chi connectivity index (χ1) is 14.4. The zero-order valence-corrected chi connectivity index (χ0v) is 17.8. The summed E-state index contributed by atoms with van der Waals surface area (Å²) in [5.41, 5.74) is 1.42. The normalized spacial score (nSPS) is 15.0. The molecule has 3 rings (SSSR count). The molecule has 0 aromatic heterocycles. The van der Waals surface area contributed by atoms with E-state index in [1.807, 2.05) is 30.3 Å². The van der Waals surface area contributed by atoms with Crippen molar-refractivity contribution in [3.8, 4) is 0 Å². The van der Waals surface area contributed by atoms with Crippen molar-refractivity contribution in [3.63, 3.8) is 0 Å². The molecule has 7 nitrogen and oxygen atoms in total. The summed E-state index contributed by atoms with van der Waals surface area (Å²) < 4.78 is 32.1. The molecule has 1 aliphatic rings. The quantitative estimate of drug-likeness (QED) is 0.630. The summed E-state index contributed by atoms with van der Waals surface area (Å²) in [6.45, 7) is 3.20. The third-order valence-electron chi connectivity index (χ3n) is 5.06. The van der Waals surface area contributed by atoms with Crippen LogP contribution in [0.5, 0.6) is 0 Å². The number of hydrogen-bond acceptors (Lipinski definition) is 5. The average molecular weight is 431 g/mol. The molecule has 0 spiro atoms. The number of carbonyl (C=O) groups excluding carboxylic acids is 2. The molecule has 1 heterocycles. The van der Waals surface area contributed by atoms with Gasteiger partial charge in [-0.15, -0.1) is 0 Å². The Labute approximate surface area is 177 Å². The Kier molecular flexibility index (Phi) is 7.23. The molecule has 1 amide bonds. The van der Waals surface area contributed by atoms with Crippen molar-refractivity contribution in [2.45, 2.75) is 24.7 Å². The summed E-state index contributed by atoms with van der Waals surface area (Å²) in [6, 6.07) is 15.6. The Hall–Kier alpha value is -2.71. The molecule has 8 heteroatoms. The van der Waals surface area contributed by atoms with Gasteiger partial charge in [-0.2, -0.15) is 4.31 Å². The van der Waals surface area contributed by atoms with E-state index in [0.29, 0.717) is 31.5 Å². The average Bonchev–Trinajstić information content (AvgIpc) is 2.78. The summed E-state index contributed by atoms with van der Waals surface area (Å²) in [4.78, 5) is 26.0. The van der Waals surface area contributed by atoms with Crippen LogP contribution in [0.4, 0.5) is 0 Å². The number of rotatable bonds is 7. The molecule has 0 radical (unpaired) electrons. The molecule has 0 saturated carbocycles. The van der Waals surface area contributed by atoms with Crippen molar-refractivity contribution in [3.05, 3.63) is 65.7 Å². The highest BCUT2D eigenvalue weighted by molar-refractivity contribution is 7.89. The van der Waals surface area contributed by atoms with Gasteiger partial charge in [0, 0.05) is 32.6 Å². The van der Waals surface area contributed by atoms with Crippen LogP contribution >= 0.6 is 0 Å². The third-order valence-corrected chi connectivity index (χ3v) is 6.98. The number of amides is 1. The Morgan fingerprint density at radius 1 is 0.933 bits per heavy atom. The Balaban J connectivity index is 1.55. The number of hydrogen-bond donors (Lipinski definition) is 0. The number of benzene rings is 2. The first kappa shape index (κ1) is 22.0. The number of ether oxygens (including phenoxy) is 1. The maximum absolute atomic E-state index is 12.9. The van der Waals surface area contributed by atoms with E-state index in [2.05, 4.69) is 0 Å². The van der Waals surface area contributed by atoms with Gasteiger partial charge < -0.3 is 9.64 Å². The molecule has 1 aliphatic heterocycles. The van der Waals surface area contributed by atoms with Crippen molar-refractivity contribution >= 4 is 21.9 Å². The summed E-state index contributed by atoms with van der Waals surface area (Å²) in [5.74, 6) is -0.446.